The molecule has 1 aliphatic rings. The molecule has 2 aromatic heterocycles. The molecule has 0 aliphatic carbocycles. The molecular formula is C21H23N3O3S. The molecule has 28 heavy (non-hydrogen) atoms. The first kappa shape index (κ1) is 18.7. The van der Waals surface area contributed by atoms with Gasteiger partial charge in [-0.05, 0) is 37.8 Å². The molecule has 3 aromatic rings. The van der Waals surface area contributed by atoms with E-state index in [4.69, 9.17) is 9.72 Å². The zero-order valence-corrected chi connectivity index (χ0v) is 16.8. The number of esters is 1. The Hall–Kier alpha value is -2.67. The quantitative estimate of drug-likeness (QED) is 0.679. The Kier molecular flexibility index (Phi) is 5.17. The molecule has 7 heteroatoms. The predicted molar refractivity (Wildman–Crippen MR) is 112 cm³/mol. The number of rotatable bonds is 4. The molecule has 1 fully saturated rings. The molecule has 0 amide bonds. The van der Waals surface area contributed by atoms with E-state index in [0.29, 0.717) is 23.8 Å². The van der Waals surface area contributed by atoms with Gasteiger partial charge in [-0.15, -0.1) is 11.3 Å². The second-order valence-corrected chi connectivity index (χ2v) is 7.95. The summed E-state index contributed by atoms with van der Waals surface area (Å²) in [6.45, 7) is 5.52. The Labute approximate surface area is 167 Å². The molecule has 0 radical (unpaired) electrons. The first-order valence-corrected chi connectivity index (χ1v) is 10.5. The number of hydrogen-bond donors (Lipinski definition) is 1. The van der Waals surface area contributed by atoms with Crippen molar-refractivity contribution in [2.24, 2.45) is 5.92 Å². The Morgan fingerprint density at radius 1 is 1.36 bits per heavy atom. The number of ether oxygens (including phenoxy) is 1. The van der Waals surface area contributed by atoms with Gasteiger partial charge in [0.2, 0.25) is 5.95 Å². The average Bonchev–Trinajstić information content (AvgIpc) is 3.13. The van der Waals surface area contributed by atoms with Crippen LogP contribution in [0.1, 0.15) is 25.3 Å². The fourth-order valence-electron chi connectivity index (χ4n) is 3.75. The highest BCUT2D eigenvalue weighted by Gasteiger charge is 2.28. The second kappa shape index (κ2) is 7.75. The van der Waals surface area contributed by atoms with Gasteiger partial charge in [0.05, 0.1) is 18.0 Å². The van der Waals surface area contributed by atoms with Crippen LogP contribution in [-0.4, -0.2) is 35.6 Å². The van der Waals surface area contributed by atoms with Crippen molar-refractivity contribution >= 4 is 33.5 Å². The fourth-order valence-corrected chi connectivity index (χ4v) is 4.65. The summed E-state index contributed by atoms with van der Waals surface area (Å²) < 4.78 is 5.81. The van der Waals surface area contributed by atoms with Gasteiger partial charge in [0, 0.05) is 24.0 Å². The maximum Gasteiger partial charge on any atom is 0.310 e. The van der Waals surface area contributed by atoms with Gasteiger partial charge in [-0.3, -0.25) is 14.6 Å². The number of fused-ring (bicyclic) bond motifs is 1. The van der Waals surface area contributed by atoms with Gasteiger partial charge in [-0.2, -0.15) is 0 Å². The zero-order valence-electron chi connectivity index (χ0n) is 16.0. The molecule has 0 unspecified atom stereocenters. The van der Waals surface area contributed by atoms with Crippen LogP contribution in [0, 0.1) is 12.8 Å². The highest BCUT2D eigenvalue weighted by atomic mass is 32.1. The van der Waals surface area contributed by atoms with Crippen LogP contribution in [-0.2, 0) is 9.53 Å². The van der Waals surface area contributed by atoms with E-state index in [9.17, 15) is 9.59 Å². The van der Waals surface area contributed by atoms with Gasteiger partial charge >= 0.3 is 5.97 Å². The van der Waals surface area contributed by atoms with Crippen LogP contribution in [0.2, 0.25) is 0 Å². The number of benzene rings is 1. The maximum absolute atomic E-state index is 12.7. The van der Waals surface area contributed by atoms with Crippen molar-refractivity contribution in [3.63, 3.8) is 0 Å². The van der Waals surface area contributed by atoms with Crippen molar-refractivity contribution in [3.05, 3.63) is 45.6 Å². The number of nitrogens with zero attached hydrogens (tertiary/aromatic N) is 2. The third-order valence-corrected chi connectivity index (χ3v) is 6.16. The first-order chi connectivity index (χ1) is 13.6. The van der Waals surface area contributed by atoms with Crippen molar-refractivity contribution in [3.8, 4) is 11.1 Å². The Morgan fingerprint density at radius 2 is 2.18 bits per heavy atom. The fraction of sp³-hybridized carbons (Fsp3) is 0.381. The molecule has 1 aromatic carbocycles. The number of thiophene rings is 1. The van der Waals surface area contributed by atoms with Crippen LogP contribution >= 0.6 is 11.3 Å². The summed E-state index contributed by atoms with van der Waals surface area (Å²) >= 11 is 1.41. The van der Waals surface area contributed by atoms with Gasteiger partial charge in [0.25, 0.3) is 5.56 Å². The number of anilines is 1. The van der Waals surface area contributed by atoms with Crippen molar-refractivity contribution < 1.29 is 9.53 Å². The number of H-pyrrole nitrogens is 1. The Bertz CT molecular complexity index is 1070. The lowest BCUT2D eigenvalue weighted by atomic mass is 9.98. The topological polar surface area (TPSA) is 75.3 Å². The summed E-state index contributed by atoms with van der Waals surface area (Å²) in [6, 6.07) is 8.11. The van der Waals surface area contributed by atoms with Crippen molar-refractivity contribution in [1.82, 2.24) is 9.97 Å². The van der Waals surface area contributed by atoms with Crippen LogP contribution in [0.15, 0.2) is 34.4 Å². The van der Waals surface area contributed by atoms with E-state index in [1.54, 1.807) is 0 Å². The molecule has 0 bridgehead atoms. The van der Waals surface area contributed by atoms with Crippen LogP contribution in [0.5, 0.6) is 0 Å². The molecule has 6 nitrogen and oxygen atoms in total. The second-order valence-electron chi connectivity index (χ2n) is 7.07. The molecule has 1 saturated heterocycles. The molecule has 0 saturated carbocycles. The molecule has 1 N–H and O–H groups in total. The highest BCUT2D eigenvalue weighted by Crippen LogP contribution is 2.33. The van der Waals surface area contributed by atoms with Gasteiger partial charge in [0.1, 0.15) is 4.70 Å². The van der Waals surface area contributed by atoms with Gasteiger partial charge < -0.3 is 9.64 Å². The third-order valence-electron chi connectivity index (χ3n) is 5.19. The van der Waals surface area contributed by atoms with Crippen molar-refractivity contribution in [2.45, 2.75) is 26.7 Å². The maximum atomic E-state index is 12.7. The minimum Gasteiger partial charge on any atom is -0.466 e. The first-order valence-electron chi connectivity index (χ1n) is 9.57. The summed E-state index contributed by atoms with van der Waals surface area (Å²) in [5.41, 5.74) is 3.79. The van der Waals surface area contributed by atoms with Gasteiger partial charge in [-0.25, -0.2) is 4.98 Å². The lowest BCUT2D eigenvalue weighted by molar-refractivity contribution is -0.148. The summed E-state index contributed by atoms with van der Waals surface area (Å²) in [5, 5.41) is 2.00. The number of aryl methyl sites for hydroxylation is 1. The molecule has 3 heterocycles. The Morgan fingerprint density at radius 3 is 2.96 bits per heavy atom. The normalized spacial score (nSPS) is 17.1. The van der Waals surface area contributed by atoms with E-state index in [0.717, 1.165) is 41.6 Å². The number of carbonyl (C=O) groups excluding carboxylic acids is 1. The van der Waals surface area contributed by atoms with Gasteiger partial charge in [-0.1, -0.05) is 24.3 Å². The van der Waals surface area contributed by atoms with Crippen LogP contribution in [0.25, 0.3) is 21.3 Å². The SMILES string of the molecule is CCOC(=O)[C@@H]1CCCN(c2nc3c(-c4ccccc4C)csc3c(=O)[nH]2)C1. The number of nitrogens with one attached hydrogen (secondary N) is 1. The van der Waals surface area contributed by atoms with Crippen LogP contribution in [0.4, 0.5) is 5.95 Å². The molecule has 1 aliphatic heterocycles. The molecule has 0 spiro atoms. The molecule has 4 rings (SSSR count). The number of piperidine rings is 1. The third kappa shape index (κ3) is 3.42. The lowest BCUT2D eigenvalue weighted by Gasteiger charge is -2.31. The van der Waals surface area contributed by atoms with Crippen LogP contribution < -0.4 is 10.5 Å². The summed E-state index contributed by atoms with van der Waals surface area (Å²) in [6.07, 6.45) is 1.66. The van der Waals surface area contributed by atoms with Crippen molar-refractivity contribution in [1.29, 1.82) is 0 Å². The van der Waals surface area contributed by atoms with E-state index in [-0.39, 0.29) is 17.4 Å². The smallest absolute Gasteiger partial charge is 0.310 e. The standard InChI is InChI=1S/C21H23N3O3S/c1-3-27-20(26)14-8-6-10-24(11-14)21-22-17-16(12-28-18(17)19(25)23-21)15-9-5-4-7-13(15)2/h4-5,7,9,12,14H,3,6,8,10-11H2,1-2H3,(H,22,23,25)/t14-/m1/s1. The highest BCUT2D eigenvalue weighted by molar-refractivity contribution is 7.17. The number of aromatic amines is 1. The number of aromatic nitrogens is 2. The van der Waals surface area contributed by atoms with E-state index in [1.807, 2.05) is 29.3 Å². The summed E-state index contributed by atoms with van der Waals surface area (Å²) in [5.74, 6) is 0.166. The minimum atomic E-state index is -0.187. The minimum absolute atomic E-state index is 0.136. The average molecular weight is 398 g/mol. The molecule has 146 valence electrons. The number of hydrogen-bond acceptors (Lipinski definition) is 6. The summed E-state index contributed by atoms with van der Waals surface area (Å²) in [7, 11) is 0. The Balaban J connectivity index is 1.73. The summed E-state index contributed by atoms with van der Waals surface area (Å²) in [4.78, 5) is 34.5. The number of carbonyl (C=O) groups is 1. The zero-order chi connectivity index (χ0) is 19.7. The predicted octanol–water partition coefficient (Wildman–Crippen LogP) is 3.74. The van der Waals surface area contributed by atoms with E-state index < -0.39 is 0 Å². The van der Waals surface area contributed by atoms with E-state index in [1.165, 1.54) is 11.3 Å². The van der Waals surface area contributed by atoms with E-state index >= 15 is 0 Å². The molecular weight excluding hydrogens is 374 g/mol. The largest absolute Gasteiger partial charge is 0.466 e. The van der Waals surface area contributed by atoms with Gasteiger partial charge in [0.15, 0.2) is 0 Å². The van der Waals surface area contributed by atoms with Crippen LogP contribution in [0.3, 0.4) is 0 Å². The van der Waals surface area contributed by atoms with E-state index in [2.05, 4.69) is 24.0 Å². The molecule has 1 atom stereocenters. The monoisotopic (exact) mass is 397 g/mol. The lowest BCUT2D eigenvalue weighted by Crippen LogP contribution is -2.40. The van der Waals surface area contributed by atoms with Crippen molar-refractivity contribution in [2.75, 3.05) is 24.6 Å².